The van der Waals surface area contributed by atoms with Crippen LogP contribution in [0.5, 0.6) is 0 Å². The van der Waals surface area contributed by atoms with E-state index in [2.05, 4.69) is 181 Å². The molecule has 4 heteroatoms. The van der Waals surface area contributed by atoms with Gasteiger partial charge in [0.15, 0.2) is 6.29 Å². The summed E-state index contributed by atoms with van der Waals surface area (Å²) in [5.74, 6) is 2.23. The van der Waals surface area contributed by atoms with Crippen molar-refractivity contribution in [3.63, 3.8) is 0 Å². The molecular weight excluding hydrogens is 675 g/mol. The molecule has 0 aromatic heterocycles. The van der Waals surface area contributed by atoms with Crippen LogP contribution in [0.25, 0.3) is 16.8 Å². The highest BCUT2D eigenvalue weighted by molar-refractivity contribution is 8.04. The summed E-state index contributed by atoms with van der Waals surface area (Å²) >= 11 is 2.13. The maximum Gasteiger partial charge on any atom is 0.173 e. The van der Waals surface area contributed by atoms with Crippen molar-refractivity contribution in [2.45, 2.75) is 68.4 Å². The first-order valence-electron chi connectivity index (χ1n) is 20.2. The van der Waals surface area contributed by atoms with Gasteiger partial charge in [-0.05, 0) is 81.7 Å². The first kappa shape index (κ1) is 33.9. The second kappa shape index (κ2) is 14.5. The molecule has 2 aliphatic heterocycles. The topological polar surface area (TPSA) is 36.4 Å². The SMILES string of the molecule is CC[C@@H]1C(C2C=CC=CC2)=NC(NC2=CC=CCC2C2CC=CC3=C2SC2C=Cc4ccc5ccccc5c4C32)NC1C1=CC(c2ccccc2)CC=C1. The first-order chi connectivity index (χ1) is 26.7. The van der Waals surface area contributed by atoms with Crippen LogP contribution < -0.4 is 10.6 Å². The van der Waals surface area contributed by atoms with E-state index in [0.29, 0.717) is 40.8 Å². The average molecular weight is 724 g/mol. The van der Waals surface area contributed by atoms with E-state index in [1.165, 1.54) is 44.4 Å². The van der Waals surface area contributed by atoms with Gasteiger partial charge < -0.3 is 5.32 Å². The van der Waals surface area contributed by atoms with Crippen LogP contribution in [0.15, 0.2) is 172 Å². The van der Waals surface area contributed by atoms with Crippen molar-refractivity contribution in [3.8, 4) is 0 Å². The number of nitrogens with one attached hydrogen (secondary N) is 2. The summed E-state index contributed by atoms with van der Waals surface area (Å²) in [6.07, 6.45) is 38.2. The molecule has 3 aromatic rings. The number of allylic oxidation sites excluding steroid dienone is 14. The standard InChI is InChI=1S/C50H49N3S/c1-2-38-47(35-18-7-4-8-19-35)52-50(53-48(38)37-21-13-20-36(31-37)32-15-5-3-6-16-32)51-43-26-12-11-23-40(43)41-24-14-25-42-46-44(54-49(41)42)30-29-34-28-27-33-17-9-10-22-39(33)45(34)46/h3-18,21-22,25-31,35-36,38,40-41,44,46,48,50-51,53H,2,19-20,23-24H2,1H3/t35?,36?,38-,40?,41?,44?,46?,48?,50?/m1/s1. The zero-order chi connectivity index (χ0) is 36.0. The summed E-state index contributed by atoms with van der Waals surface area (Å²) in [4.78, 5) is 7.18. The zero-order valence-corrected chi connectivity index (χ0v) is 31.8. The van der Waals surface area contributed by atoms with Gasteiger partial charge in [0.1, 0.15) is 0 Å². The Bertz CT molecular complexity index is 2260. The van der Waals surface area contributed by atoms with Crippen LogP contribution in [0.4, 0.5) is 0 Å². The minimum absolute atomic E-state index is 0.183. The summed E-state index contributed by atoms with van der Waals surface area (Å²) in [6, 6.07) is 24.8. The number of hydrogen-bond acceptors (Lipinski definition) is 4. The average Bonchev–Trinajstić information content (AvgIpc) is 3.63. The van der Waals surface area contributed by atoms with Crippen LogP contribution in [-0.4, -0.2) is 23.3 Å². The van der Waals surface area contributed by atoms with Gasteiger partial charge in [-0.1, -0.05) is 153 Å². The van der Waals surface area contributed by atoms with E-state index in [9.17, 15) is 0 Å². The monoisotopic (exact) mass is 723 g/mol. The Morgan fingerprint density at radius 1 is 0.778 bits per heavy atom. The number of benzene rings is 3. The zero-order valence-electron chi connectivity index (χ0n) is 31.0. The highest BCUT2D eigenvalue weighted by Crippen LogP contribution is 2.58. The van der Waals surface area contributed by atoms with Crippen LogP contribution >= 0.6 is 11.8 Å². The molecule has 0 saturated carbocycles. The maximum atomic E-state index is 5.59. The van der Waals surface area contributed by atoms with Gasteiger partial charge in [0, 0.05) is 58.2 Å². The molecule has 9 atom stereocenters. The van der Waals surface area contributed by atoms with Gasteiger partial charge in [-0.25, -0.2) is 0 Å². The van der Waals surface area contributed by atoms with Crippen molar-refractivity contribution in [2.75, 3.05) is 0 Å². The van der Waals surface area contributed by atoms with Gasteiger partial charge in [0.25, 0.3) is 0 Å². The molecular formula is C50H49N3S. The molecule has 7 aliphatic rings. The third-order valence-corrected chi connectivity index (χ3v) is 14.4. The fourth-order valence-corrected chi connectivity index (χ4v) is 11.9. The van der Waals surface area contributed by atoms with Crippen molar-refractivity contribution in [3.05, 3.63) is 184 Å². The number of fused-ring (bicyclic) bond motifs is 6. The van der Waals surface area contributed by atoms with Crippen molar-refractivity contribution in [2.24, 2.45) is 28.7 Å². The van der Waals surface area contributed by atoms with E-state index in [4.69, 9.17) is 4.99 Å². The number of rotatable bonds is 7. The maximum absolute atomic E-state index is 5.59. The predicted octanol–water partition coefficient (Wildman–Crippen LogP) is 11.5. The van der Waals surface area contributed by atoms with Crippen molar-refractivity contribution in [1.29, 1.82) is 0 Å². The Labute approximate surface area is 324 Å². The molecule has 3 aromatic carbocycles. The van der Waals surface area contributed by atoms with Crippen LogP contribution in [-0.2, 0) is 0 Å². The molecule has 0 fully saturated rings. The first-order valence-corrected chi connectivity index (χ1v) is 21.1. The molecule has 5 aliphatic carbocycles. The highest BCUT2D eigenvalue weighted by Gasteiger charge is 2.44. The lowest BCUT2D eigenvalue weighted by molar-refractivity contribution is 0.325. The van der Waals surface area contributed by atoms with Gasteiger partial charge in [0.2, 0.25) is 0 Å². The molecule has 0 radical (unpaired) electrons. The molecule has 0 spiro atoms. The number of aliphatic imine (C=N–C) groups is 1. The van der Waals surface area contributed by atoms with E-state index in [-0.39, 0.29) is 12.3 Å². The molecule has 0 bridgehead atoms. The Morgan fingerprint density at radius 3 is 2.50 bits per heavy atom. The summed E-state index contributed by atoms with van der Waals surface area (Å²) in [6.45, 7) is 2.34. The van der Waals surface area contributed by atoms with Crippen molar-refractivity contribution < 1.29 is 0 Å². The number of thioether (sulfide) groups is 1. The minimum Gasteiger partial charge on any atom is -0.355 e. The lowest BCUT2D eigenvalue weighted by Gasteiger charge is -2.42. The molecule has 8 unspecified atom stereocenters. The number of nitrogens with zero attached hydrogens (tertiary/aromatic N) is 1. The summed E-state index contributed by atoms with van der Waals surface area (Å²) in [7, 11) is 0. The Kier molecular flexibility index (Phi) is 9.13. The summed E-state index contributed by atoms with van der Waals surface area (Å²) < 4.78 is 0. The third-order valence-electron chi connectivity index (χ3n) is 12.9. The van der Waals surface area contributed by atoms with Crippen molar-refractivity contribution in [1.82, 2.24) is 10.6 Å². The smallest absolute Gasteiger partial charge is 0.173 e. The highest BCUT2D eigenvalue weighted by atomic mass is 32.2. The minimum atomic E-state index is -0.202. The molecule has 270 valence electrons. The summed E-state index contributed by atoms with van der Waals surface area (Å²) in [5.41, 5.74) is 9.85. The van der Waals surface area contributed by atoms with Gasteiger partial charge in [0.05, 0.1) is 0 Å². The van der Waals surface area contributed by atoms with E-state index in [1.807, 2.05) is 0 Å². The van der Waals surface area contributed by atoms with Crippen LogP contribution in [0.2, 0.25) is 0 Å². The fourth-order valence-electron chi connectivity index (χ4n) is 10.3. The molecule has 3 nitrogen and oxygen atoms in total. The summed E-state index contributed by atoms with van der Waals surface area (Å²) in [5, 5.41) is 11.3. The molecule has 0 saturated heterocycles. The van der Waals surface area contributed by atoms with Crippen LogP contribution in [0.1, 0.15) is 67.6 Å². The van der Waals surface area contributed by atoms with Gasteiger partial charge in [-0.15, -0.1) is 11.8 Å². The normalized spacial score (nSPS) is 32.2. The molecule has 2 N–H and O–H groups in total. The quantitative estimate of drug-likeness (QED) is 0.255. The van der Waals surface area contributed by atoms with Crippen LogP contribution in [0.3, 0.4) is 0 Å². The Hall–Kier alpha value is -4.64. The molecule has 0 amide bonds. The second-order valence-electron chi connectivity index (χ2n) is 15.9. The molecule has 2 heterocycles. The van der Waals surface area contributed by atoms with E-state index in [1.54, 1.807) is 10.5 Å². The lowest BCUT2D eigenvalue weighted by atomic mass is 9.73. The Morgan fingerprint density at radius 2 is 1.61 bits per heavy atom. The van der Waals surface area contributed by atoms with E-state index >= 15 is 0 Å². The van der Waals surface area contributed by atoms with E-state index < -0.39 is 0 Å². The molecule has 10 rings (SSSR count). The van der Waals surface area contributed by atoms with Crippen molar-refractivity contribution >= 4 is 34.3 Å². The lowest BCUT2D eigenvalue weighted by Crippen LogP contribution is -2.57. The fraction of sp³-hybridized carbons (Fsp3) is 0.300. The van der Waals surface area contributed by atoms with Gasteiger partial charge >= 0.3 is 0 Å². The molecule has 54 heavy (non-hydrogen) atoms. The third kappa shape index (κ3) is 6.08. The van der Waals surface area contributed by atoms with E-state index in [0.717, 1.165) is 32.1 Å². The predicted molar refractivity (Wildman–Crippen MR) is 229 cm³/mol. The number of hydrogen-bond donors (Lipinski definition) is 2. The van der Waals surface area contributed by atoms with Gasteiger partial charge in [-0.2, -0.15) is 0 Å². The van der Waals surface area contributed by atoms with Gasteiger partial charge in [-0.3, -0.25) is 10.3 Å². The van der Waals surface area contributed by atoms with Crippen LogP contribution in [0, 0.1) is 23.7 Å². The largest absolute Gasteiger partial charge is 0.355 e. The second-order valence-corrected chi connectivity index (χ2v) is 17.1. The Balaban J connectivity index is 0.973.